The molecule has 0 radical (unpaired) electrons. The fraction of sp³-hybridized carbons (Fsp3) is 0.455. The summed E-state index contributed by atoms with van der Waals surface area (Å²) in [6, 6.07) is 3.23. The van der Waals surface area contributed by atoms with E-state index in [4.69, 9.17) is 10.5 Å². The first-order chi connectivity index (χ1) is 6.56. The van der Waals surface area contributed by atoms with E-state index in [1.54, 1.807) is 20.1 Å². The van der Waals surface area contributed by atoms with Gasteiger partial charge in [-0.1, -0.05) is 6.07 Å². The van der Waals surface area contributed by atoms with E-state index in [2.05, 4.69) is 0 Å². The molecule has 0 aliphatic heterocycles. The monoisotopic (exact) mass is 197 g/mol. The molecule has 1 aromatic rings. The first-order valence-corrected chi connectivity index (χ1v) is 4.63. The molecular formula is C11H16FNO. The summed E-state index contributed by atoms with van der Waals surface area (Å²) in [4.78, 5) is 0. The smallest absolute Gasteiger partial charge is 0.129 e. The number of rotatable bonds is 3. The minimum Gasteiger partial charge on any atom is -0.496 e. The highest BCUT2D eigenvalue weighted by molar-refractivity contribution is 5.42. The van der Waals surface area contributed by atoms with Crippen molar-refractivity contribution in [1.82, 2.24) is 0 Å². The summed E-state index contributed by atoms with van der Waals surface area (Å²) >= 11 is 0. The van der Waals surface area contributed by atoms with Gasteiger partial charge in [0.05, 0.1) is 7.11 Å². The van der Waals surface area contributed by atoms with Crippen LogP contribution in [0.25, 0.3) is 0 Å². The summed E-state index contributed by atoms with van der Waals surface area (Å²) in [5.74, 6) is 0.373. The molecule has 2 nitrogen and oxygen atoms in total. The molecule has 78 valence electrons. The lowest BCUT2D eigenvalue weighted by molar-refractivity contribution is 0.400. The Labute approximate surface area is 83.9 Å². The van der Waals surface area contributed by atoms with Crippen LogP contribution in [0.1, 0.15) is 18.1 Å². The summed E-state index contributed by atoms with van der Waals surface area (Å²) < 4.78 is 18.3. The Balaban J connectivity index is 3.10. The molecule has 2 N–H and O–H groups in total. The molecule has 0 heterocycles. The molecule has 0 fully saturated rings. The van der Waals surface area contributed by atoms with Crippen LogP contribution in [-0.2, 0) is 6.42 Å². The van der Waals surface area contributed by atoms with Crippen molar-refractivity contribution in [3.63, 3.8) is 0 Å². The molecule has 0 bridgehead atoms. The lowest BCUT2D eigenvalue weighted by Gasteiger charge is -2.13. The number of methoxy groups -OCH3 is 1. The normalized spacial score (nSPS) is 12.6. The van der Waals surface area contributed by atoms with E-state index in [0.29, 0.717) is 17.7 Å². The molecule has 0 aliphatic rings. The van der Waals surface area contributed by atoms with Gasteiger partial charge in [0.25, 0.3) is 0 Å². The summed E-state index contributed by atoms with van der Waals surface area (Å²) in [7, 11) is 1.55. The molecule has 0 aromatic heterocycles. The molecule has 0 saturated heterocycles. The summed E-state index contributed by atoms with van der Waals surface area (Å²) in [6.45, 7) is 3.62. The van der Waals surface area contributed by atoms with Crippen molar-refractivity contribution in [2.45, 2.75) is 26.3 Å². The molecule has 1 rings (SSSR count). The van der Waals surface area contributed by atoms with Gasteiger partial charge in [0.15, 0.2) is 0 Å². The summed E-state index contributed by atoms with van der Waals surface area (Å²) in [5, 5.41) is 0. The second-order valence-electron chi connectivity index (χ2n) is 3.55. The van der Waals surface area contributed by atoms with Crippen LogP contribution in [0.5, 0.6) is 5.75 Å². The second kappa shape index (κ2) is 4.42. The third kappa shape index (κ3) is 2.23. The fourth-order valence-electron chi connectivity index (χ4n) is 1.52. The third-order valence-electron chi connectivity index (χ3n) is 2.17. The Morgan fingerprint density at radius 1 is 1.50 bits per heavy atom. The molecule has 0 aliphatic carbocycles. The first-order valence-electron chi connectivity index (χ1n) is 4.63. The maximum absolute atomic E-state index is 13.2. The SMILES string of the molecule is COc1c(CC(C)N)ccc(F)c1C. The van der Waals surface area contributed by atoms with Crippen molar-refractivity contribution in [2.24, 2.45) is 5.73 Å². The number of hydrogen-bond donors (Lipinski definition) is 1. The maximum Gasteiger partial charge on any atom is 0.129 e. The van der Waals surface area contributed by atoms with Crippen LogP contribution in [0.2, 0.25) is 0 Å². The first kappa shape index (κ1) is 11.0. The zero-order chi connectivity index (χ0) is 10.7. The van der Waals surface area contributed by atoms with Gasteiger partial charge in [0, 0.05) is 11.6 Å². The van der Waals surface area contributed by atoms with Crippen LogP contribution in [0, 0.1) is 12.7 Å². The van der Waals surface area contributed by atoms with Gasteiger partial charge >= 0.3 is 0 Å². The summed E-state index contributed by atoms with van der Waals surface area (Å²) in [6.07, 6.45) is 0.699. The van der Waals surface area contributed by atoms with Crippen molar-refractivity contribution in [1.29, 1.82) is 0 Å². The van der Waals surface area contributed by atoms with E-state index >= 15 is 0 Å². The van der Waals surface area contributed by atoms with Crippen molar-refractivity contribution >= 4 is 0 Å². The molecule has 0 saturated carbocycles. The molecular weight excluding hydrogens is 181 g/mol. The Morgan fingerprint density at radius 3 is 2.64 bits per heavy atom. The highest BCUT2D eigenvalue weighted by atomic mass is 19.1. The minimum atomic E-state index is -0.240. The maximum atomic E-state index is 13.2. The third-order valence-corrected chi connectivity index (χ3v) is 2.17. The Hall–Kier alpha value is -1.09. The minimum absolute atomic E-state index is 0.0498. The largest absolute Gasteiger partial charge is 0.496 e. The predicted molar refractivity (Wildman–Crippen MR) is 55.0 cm³/mol. The zero-order valence-corrected chi connectivity index (χ0v) is 8.80. The van der Waals surface area contributed by atoms with Crippen LogP contribution < -0.4 is 10.5 Å². The predicted octanol–water partition coefficient (Wildman–Crippen LogP) is 2.03. The van der Waals surface area contributed by atoms with E-state index < -0.39 is 0 Å². The number of nitrogens with two attached hydrogens (primary N) is 1. The van der Waals surface area contributed by atoms with Gasteiger partial charge in [0.1, 0.15) is 11.6 Å². The summed E-state index contributed by atoms with van der Waals surface area (Å²) in [5.41, 5.74) is 7.19. The topological polar surface area (TPSA) is 35.2 Å². The van der Waals surface area contributed by atoms with Crippen LogP contribution in [0.4, 0.5) is 4.39 Å². The van der Waals surface area contributed by atoms with Gasteiger partial charge in [-0.2, -0.15) is 0 Å². The Morgan fingerprint density at radius 2 is 2.14 bits per heavy atom. The molecule has 3 heteroatoms. The van der Waals surface area contributed by atoms with Gasteiger partial charge in [-0.3, -0.25) is 0 Å². The van der Waals surface area contributed by atoms with Crippen molar-refractivity contribution < 1.29 is 9.13 Å². The van der Waals surface area contributed by atoms with Crippen LogP contribution in [0.3, 0.4) is 0 Å². The number of hydrogen-bond acceptors (Lipinski definition) is 2. The molecule has 1 aromatic carbocycles. The quantitative estimate of drug-likeness (QED) is 0.804. The lowest BCUT2D eigenvalue weighted by atomic mass is 10.0. The van der Waals surface area contributed by atoms with Gasteiger partial charge in [-0.05, 0) is 31.9 Å². The molecule has 0 spiro atoms. The van der Waals surface area contributed by atoms with E-state index in [9.17, 15) is 4.39 Å². The van der Waals surface area contributed by atoms with Gasteiger partial charge in [-0.15, -0.1) is 0 Å². The zero-order valence-electron chi connectivity index (χ0n) is 8.80. The fourth-order valence-corrected chi connectivity index (χ4v) is 1.52. The molecule has 1 atom stereocenters. The molecule has 0 amide bonds. The number of benzene rings is 1. The van der Waals surface area contributed by atoms with Crippen LogP contribution >= 0.6 is 0 Å². The van der Waals surface area contributed by atoms with Crippen molar-refractivity contribution in [3.05, 3.63) is 29.1 Å². The van der Waals surface area contributed by atoms with Gasteiger partial charge in [-0.25, -0.2) is 4.39 Å². The van der Waals surface area contributed by atoms with Crippen molar-refractivity contribution in [2.75, 3.05) is 7.11 Å². The van der Waals surface area contributed by atoms with Crippen LogP contribution in [0.15, 0.2) is 12.1 Å². The van der Waals surface area contributed by atoms with Crippen LogP contribution in [-0.4, -0.2) is 13.2 Å². The Kier molecular flexibility index (Phi) is 3.47. The highest BCUT2D eigenvalue weighted by Crippen LogP contribution is 2.26. The average molecular weight is 197 g/mol. The standard InChI is InChI=1S/C11H16FNO/c1-7(13)6-9-4-5-10(12)8(2)11(9)14-3/h4-5,7H,6,13H2,1-3H3. The van der Waals surface area contributed by atoms with E-state index in [0.717, 1.165) is 5.56 Å². The lowest BCUT2D eigenvalue weighted by Crippen LogP contribution is -2.18. The van der Waals surface area contributed by atoms with Crippen molar-refractivity contribution in [3.8, 4) is 5.75 Å². The van der Waals surface area contributed by atoms with E-state index in [1.807, 2.05) is 6.92 Å². The number of ether oxygens (including phenoxy) is 1. The molecule has 14 heavy (non-hydrogen) atoms. The average Bonchev–Trinajstić information content (AvgIpc) is 2.11. The highest BCUT2D eigenvalue weighted by Gasteiger charge is 2.11. The number of halogens is 1. The molecule has 1 unspecified atom stereocenters. The van der Waals surface area contributed by atoms with E-state index in [-0.39, 0.29) is 11.9 Å². The van der Waals surface area contributed by atoms with Gasteiger partial charge in [0.2, 0.25) is 0 Å². The second-order valence-corrected chi connectivity index (χ2v) is 3.55. The Bertz CT molecular complexity index is 323. The van der Waals surface area contributed by atoms with Gasteiger partial charge < -0.3 is 10.5 Å². The van der Waals surface area contributed by atoms with E-state index in [1.165, 1.54) is 6.07 Å².